The van der Waals surface area contributed by atoms with Crippen LogP contribution in [0.3, 0.4) is 0 Å². The fourth-order valence-corrected chi connectivity index (χ4v) is 2.22. The zero-order valence-corrected chi connectivity index (χ0v) is 9.08. The van der Waals surface area contributed by atoms with Crippen LogP contribution < -0.4 is 5.32 Å². The lowest BCUT2D eigenvalue weighted by Crippen LogP contribution is -2.22. The minimum absolute atomic E-state index is 0.131. The Morgan fingerprint density at radius 3 is 2.85 bits per heavy atom. The maximum absolute atomic E-state index is 5.84. The van der Waals surface area contributed by atoms with Gasteiger partial charge in [0.15, 0.2) is 0 Å². The Kier molecular flexibility index (Phi) is 2.43. The number of rotatable bonds is 4. The topological polar surface area (TPSA) is 37.8 Å². The first-order chi connectivity index (χ1) is 6.28. The van der Waals surface area contributed by atoms with Gasteiger partial charge in [0.05, 0.1) is 5.54 Å². The third-order valence-corrected chi connectivity index (χ3v) is 3.45. The zero-order chi connectivity index (χ0) is 9.31. The largest absolute Gasteiger partial charge is 0.354 e. The Morgan fingerprint density at radius 1 is 1.62 bits per heavy atom. The van der Waals surface area contributed by atoms with E-state index in [2.05, 4.69) is 21.6 Å². The van der Waals surface area contributed by atoms with E-state index in [0.717, 1.165) is 30.2 Å². The molecule has 1 N–H and O–H groups in total. The van der Waals surface area contributed by atoms with Crippen LogP contribution in [-0.2, 0) is 6.42 Å². The molecule has 72 valence electrons. The highest BCUT2D eigenvalue weighted by Crippen LogP contribution is 2.40. The van der Waals surface area contributed by atoms with E-state index in [1.54, 1.807) is 0 Å². The molecule has 0 unspecified atom stereocenters. The van der Waals surface area contributed by atoms with Crippen molar-refractivity contribution in [3.63, 3.8) is 0 Å². The molecule has 1 saturated carbocycles. The smallest absolute Gasteiger partial charge is 0.203 e. The van der Waals surface area contributed by atoms with Crippen LogP contribution in [0.1, 0.15) is 25.6 Å². The average Bonchev–Trinajstić information content (AvgIpc) is 2.77. The molecule has 2 rings (SSSR count). The molecule has 0 spiro atoms. The highest BCUT2D eigenvalue weighted by atomic mass is 35.5. The first-order valence-electron chi connectivity index (χ1n) is 4.45. The van der Waals surface area contributed by atoms with Gasteiger partial charge in [-0.25, -0.2) is 4.98 Å². The molecule has 0 amide bonds. The minimum Gasteiger partial charge on any atom is -0.354 e. The van der Waals surface area contributed by atoms with Crippen molar-refractivity contribution in [2.75, 3.05) is 11.2 Å². The monoisotopic (exact) mass is 217 g/mol. The van der Waals surface area contributed by atoms with E-state index < -0.39 is 0 Å². The zero-order valence-electron chi connectivity index (χ0n) is 7.51. The lowest BCUT2D eigenvalue weighted by molar-refractivity contribution is 0.832. The average molecular weight is 218 g/mol. The predicted molar refractivity (Wildman–Crippen MR) is 55.6 cm³/mol. The van der Waals surface area contributed by atoms with Crippen LogP contribution >= 0.6 is 23.1 Å². The Balaban J connectivity index is 2.01. The fraction of sp³-hybridized carbons (Fsp3) is 0.750. The molecule has 1 aromatic rings. The van der Waals surface area contributed by atoms with E-state index in [1.807, 2.05) is 0 Å². The van der Waals surface area contributed by atoms with Gasteiger partial charge in [-0.1, -0.05) is 6.92 Å². The van der Waals surface area contributed by atoms with Crippen LogP contribution in [0, 0.1) is 0 Å². The van der Waals surface area contributed by atoms with E-state index in [-0.39, 0.29) is 5.54 Å². The Hall–Kier alpha value is -0.350. The summed E-state index contributed by atoms with van der Waals surface area (Å²) in [6, 6.07) is 0. The minimum atomic E-state index is 0.131. The van der Waals surface area contributed by atoms with Crippen molar-refractivity contribution in [3.05, 3.63) is 5.82 Å². The van der Waals surface area contributed by atoms with E-state index in [4.69, 9.17) is 11.6 Å². The summed E-state index contributed by atoms with van der Waals surface area (Å²) in [4.78, 5) is 4.34. The molecule has 1 aromatic heterocycles. The van der Waals surface area contributed by atoms with Gasteiger partial charge in [0.2, 0.25) is 5.13 Å². The summed E-state index contributed by atoms with van der Waals surface area (Å²) in [5.74, 6) is 1.58. The Morgan fingerprint density at radius 2 is 2.38 bits per heavy atom. The summed E-state index contributed by atoms with van der Waals surface area (Å²) in [6.45, 7) is 2.06. The lowest BCUT2D eigenvalue weighted by Gasteiger charge is -2.11. The molecular formula is C8H12ClN3S. The van der Waals surface area contributed by atoms with Gasteiger partial charge in [-0.05, 0) is 12.8 Å². The van der Waals surface area contributed by atoms with Crippen LogP contribution in [0.25, 0.3) is 0 Å². The normalized spacial score (nSPS) is 18.6. The predicted octanol–water partition coefficient (Wildman–Crippen LogP) is 2.28. The molecular weight excluding hydrogens is 206 g/mol. The number of aromatic nitrogens is 2. The van der Waals surface area contributed by atoms with Crippen molar-refractivity contribution in [3.8, 4) is 0 Å². The van der Waals surface area contributed by atoms with E-state index >= 15 is 0 Å². The molecule has 0 radical (unpaired) electrons. The van der Waals surface area contributed by atoms with Crippen molar-refractivity contribution in [1.29, 1.82) is 0 Å². The molecule has 13 heavy (non-hydrogen) atoms. The first kappa shape index (κ1) is 9.21. The van der Waals surface area contributed by atoms with Gasteiger partial charge in [0.1, 0.15) is 5.82 Å². The van der Waals surface area contributed by atoms with Gasteiger partial charge in [-0.3, -0.25) is 0 Å². The third-order valence-electron chi connectivity index (χ3n) is 2.27. The maximum atomic E-state index is 5.84. The highest BCUT2D eigenvalue weighted by Gasteiger charge is 2.42. The number of hydrogen-bond donors (Lipinski definition) is 1. The molecule has 3 nitrogen and oxygen atoms in total. The molecule has 5 heteroatoms. The number of halogens is 1. The van der Waals surface area contributed by atoms with E-state index in [1.165, 1.54) is 11.5 Å². The van der Waals surface area contributed by atoms with Gasteiger partial charge in [0.25, 0.3) is 0 Å². The number of aryl methyl sites for hydroxylation is 1. The quantitative estimate of drug-likeness (QED) is 0.787. The van der Waals surface area contributed by atoms with Crippen molar-refractivity contribution >= 4 is 28.3 Å². The molecule has 0 saturated heterocycles. The summed E-state index contributed by atoms with van der Waals surface area (Å²) < 4.78 is 4.21. The van der Waals surface area contributed by atoms with Crippen molar-refractivity contribution in [2.24, 2.45) is 0 Å². The SMILES string of the molecule is CCc1nsc(NC2(CCl)CC2)n1. The second-order valence-electron chi connectivity index (χ2n) is 3.41. The van der Waals surface area contributed by atoms with E-state index in [0.29, 0.717) is 5.88 Å². The molecule has 1 fully saturated rings. The molecule has 0 aliphatic heterocycles. The number of alkyl halides is 1. The van der Waals surface area contributed by atoms with Gasteiger partial charge >= 0.3 is 0 Å². The number of anilines is 1. The lowest BCUT2D eigenvalue weighted by atomic mass is 10.3. The van der Waals surface area contributed by atoms with Crippen LogP contribution in [-0.4, -0.2) is 20.8 Å². The van der Waals surface area contributed by atoms with Gasteiger partial charge < -0.3 is 5.32 Å². The summed E-state index contributed by atoms with van der Waals surface area (Å²) in [7, 11) is 0. The van der Waals surface area contributed by atoms with Gasteiger partial charge in [-0.2, -0.15) is 4.37 Å². The number of hydrogen-bond acceptors (Lipinski definition) is 4. The van der Waals surface area contributed by atoms with Gasteiger partial charge in [0, 0.05) is 23.8 Å². The Bertz CT molecular complexity index is 295. The number of nitrogens with zero attached hydrogens (tertiary/aromatic N) is 2. The summed E-state index contributed by atoms with van der Waals surface area (Å²) in [5, 5.41) is 4.26. The molecule has 0 bridgehead atoms. The van der Waals surface area contributed by atoms with Crippen LogP contribution in [0.2, 0.25) is 0 Å². The molecule has 1 aliphatic carbocycles. The summed E-state index contributed by atoms with van der Waals surface area (Å²) in [5.41, 5.74) is 0.131. The Labute approximate surface area is 86.7 Å². The maximum Gasteiger partial charge on any atom is 0.203 e. The van der Waals surface area contributed by atoms with Crippen molar-refractivity contribution < 1.29 is 0 Å². The van der Waals surface area contributed by atoms with Gasteiger partial charge in [-0.15, -0.1) is 11.6 Å². The third kappa shape index (κ3) is 1.94. The molecule has 1 heterocycles. The summed E-state index contributed by atoms with van der Waals surface area (Å²) >= 11 is 7.27. The first-order valence-corrected chi connectivity index (χ1v) is 5.75. The van der Waals surface area contributed by atoms with Crippen LogP contribution in [0.4, 0.5) is 5.13 Å². The molecule has 0 aromatic carbocycles. The second kappa shape index (κ2) is 3.42. The highest BCUT2D eigenvalue weighted by molar-refractivity contribution is 7.09. The molecule has 0 atom stereocenters. The molecule has 1 aliphatic rings. The second-order valence-corrected chi connectivity index (χ2v) is 4.43. The van der Waals surface area contributed by atoms with Crippen molar-refractivity contribution in [2.45, 2.75) is 31.7 Å². The standard InChI is InChI=1S/C8H12ClN3S/c1-2-6-10-7(13-12-6)11-8(5-9)3-4-8/h2-5H2,1H3,(H,10,11,12). The fourth-order valence-electron chi connectivity index (χ4n) is 1.12. The van der Waals surface area contributed by atoms with E-state index in [9.17, 15) is 0 Å². The van der Waals surface area contributed by atoms with Crippen molar-refractivity contribution in [1.82, 2.24) is 9.36 Å². The number of nitrogens with one attached hydrogen (secondary N) is 1. The summed E-state index contributed by atoms with van der Waals surface area (Å²) in [6.07, 6.45) is 3.20. The van der Waals surface area contributed by atoms with Crippen LogP contribution in [0.5, 0.6) is 0 Å². The van der Waals surface area contributed by atoms with Crippen LogP contribution in [0.15, 0.2) is 0 Å².